The van der Waals surface area contributed by atoms with Crippen LogP contribution in [0.5, 0.6) is 0 Å². The van der Waals surface area contributed by atoms with E-state index < -0.39 is 0 Å². The molecule has 2 fully saturated rings. The van der Waals surface area contributed by atoms with Crippen LogP contribution in [0.1, 0.15) is 24.8 Å². The molecule has 0 bridgehead atoms. The van der Waals surface area contributed by atoms with Gasteiger partial charge in [0.1, 0.15) is 6.61 Å². The monoisotopic (exact) mass is 373 g/mol. The molecule has 148 valence electrons. The van der Waals surface area contributed by atoms with Crippen LogP contribution in [0.4, 0.5) is 0 Å². The van der Waals surface area contributed by atoms with Crippen LogP contribution in [0.2, 0.25) is 0 Å². The smallest absolute Gasteiger partial charge is 0.248 e. The number of ether oxygens (including phenoxy) is 1. The Morgan fingerprint density at radius 1 is 1.11 bits per heavy atom. The van der Waals surface area contributed by atoms with Crippen molar-refractivity contribution in [2.75, 3.05) is 46.4 Å². The van der Waals surface area contributed by atoms with Gasteiger partial charge in [0.25, 0.3) is 0 Å². The van der Waals surface area contributed by atoms with Crippen LogP contribution in [-0.4, -0.2) is 68.1 Å². The summed E-state index contributed by atoms with van der Waals surface area (Å²) in [7, 11) is 1.53. The number of hydrogen-bond acceptors (Lipinski definition) is 4. The molecule has 0 saturated carbocycles. The molecule has 1 aromatic carbocycles. The van der Waals surface area contributed by atoms with Crippen molar-refractivity contribution in [3.05, 3.63) is 35.9 Å². The van der Waals surface area contributed by atoms with Gasteiger partial charge in [-0.1, -0.05) is 30.3 Å². The molecule has 0 aromatic heterocycles. The molecule has 2 heterocycles. The molecule has 6 nitrogen and oxygen atoms in total. The second-order valence-electron chi connectivity index (χ2n) is 7.71. The van der Waals surface area contributed by atoms with Crippen molar-refractivity contribution in [3.8, 4) is 0 Å². The molecule has 2 aliphatic heterocycles. The number of amides is 2. The molecule has 2 aliphatic rings. The minimum absolute atomic E-state index is 0.0146. The number of piperidine rings is 1. The third kappa shape index (κ3) is 5.78. The summed E-state index contributed by atoms with van der Waals surface area (Å²) < 4.78 is 4.90. The highest BCUT2D eigenvalue weighted by Gasteiger charge is 2.28. The Labute approximate surface area is 161 Å². The summed E-state index contributed by atoms with van der Waals surface area (Å²) in [5, 5.41) is 3.15. The van der Waals surface area contributed by atoms with E-state index in [1.54, 1.807) is 4.90 Å². The van der Waals surface area contributed by atoms with Crippen LogP contribution in [0.3, 0.4) is 0 Å². The molecular weight excluding hydrogens is 342 g/mol. The highest BCUT2D eigenvalue weighted by molar-refractivity contribution is 5.80. The fourth-order valence-electron chi connectivity index (χ4n) is 4.06. The lowest BCUT2D eigenvalue weighted by atomic mass is 9.95. The molecule has 0 aliphatic carbocycles. The number of carbonyl (C=O) groups excluding carboxylic acids is 2. The molecular formula is C21H31N3O3. The first-order valence-electron chi connectivity index (χ1n) is 9.96. The molecule has 1 aromatic rings. The number of nitrogens with one attached hydrogen (secondary N) is 1. The third-order valence-electron chi connectivity index (χ3n) is 5.67. The first kappa shape index (κ1) is 19.8. The maximum Gasteiger partial charge on any atom is 0.248 e. The second-order valence-corrected chi connectivity index (χ2v) is 7.71. The van der Waals surface area contributed by atoms with Crippen LogP contribution >= 0.6 is 0 Å². The highest BCUT2D eigenvalue weighted by Crippen LogP contribution is 2.20. The summed E-state index contributed by atoms with van der Waals surface area (Å²) in [5.74, 6) is 0.718. The van der Waals surface area contributed by atoms with Crippen molar-refractivity contribution >= 4 is 11.8 Å². The van der Waals surface area contributed by atoms with Gasteiger partial charge in [-0.2, -0.15) is 0 Å². The Morgan fingerprint density at radius 3 is 2.56 bits per heavy atom. The van der Waals surface area contributed by atoms with E-state index in [0.29, 0.717) is 19.0 Å². The predicted octanol–water partition coefficient (Wildman–Crippen LogP) is 1.51. The molecule has 0 radical (unpaired) electrons. The van der Waals surface area contributed by atoms with Crippen LogP contribution < -0.4 is 5.32 Å². The Morgan fingerprint density at radius 2 is 1.85 bits per heavy atom. The first-order valence-corrected chi connectivity index (χ1v) is 9.96. The standard InChI is InChI=1S/C21H31N3O3/c1-27-16-20(25)24-11-8-19(9-12-24)21(26)22-13-18-7-10-23(15-18)14-17-5-3-2-4-6-17/h2-6,18-19H,7-16H2,1H3,(H,22,26). The number of methoxy groups -OCH3 is 1. The molecule has 2 amide bonds. The van der Waals surface area contributed by atoms with Crippen LogP contribution in [0.15, 0.2) is 30.3 Å². The number of likely N-dealkylation sites (tertiary alicyclic amines) is 2. The average molecular weight is 373 g/mol. The van der Waals surface area contributed by atoms with E-state index >= 15 is 0 Å². The third-order valence-corrected chi connectivity index (χ3v) is 5.67. The minimum Gasteiger partial charge on any atom is -0.375 e. The van der Waals surface area contributed by atoms with Crippen molar-refractivity contribution in [1.82, 2.24) is 15.1 Å². The van der Waals surface area contributed by atoms with E-state index in [0.717, 1.165) is 45.4 Å². The topological polar surface area (TPSA) is 61.9 Å². The van der Waals surface area contributed by atoms with Gasteiger partial charge in [0.05, 0.1) is 0 Å². The lowest BCUT2D eigenvalue weighted by Gasteiger charge is -2.31. The highest BCUT2D eigenvalue weighted by atomic mass is 16.5. The zero-order valence-corrected chi connectivity index (χ0v) is 16.2. The van der Waals surface area contributed by atoms with Crippen molar-refractivity contribution in [2.24, 2.45) is 11.8 Å². The van der Waals surface area contributed by atoms with Crippen molar-refractivity contribution in [3.63, 3.8) is 0 Å². The van der Waals surface area contributed by atoms with E-state index in [4.69, 9.17) is 4.74 Å². The molecule has 1 atom stereocenters. The number of carbonyl (C=O) groups is 2. The zero-order valence-electron chi connectivity index (χ0n) is 16.2. The Balaban J connectivity index is 1.35. The molecule has 3 rings (SSSR count). The molecule has 6 heteroatoms. The average Bonchev–Trinajstić information content (AvgIpc) is 3.14. The Hall–Kier alpha value is -1.92. The van der Waals surface area contributed by atoms with Gasteiger partial charge in [-0.25, -0.2) is 0 Å². The van der Waals surface area contributed by atoms with Gasteiger partial charge < -0.3 is 15.0 Å². The maximum absolute atomic E-state index is 12.5. The fraction of sp³-hybridized carbons (Fsp3) is 0.619. The quantitative estimate of drug-likeness (QED) is 0.787. The second kappa shape index (κ2) is 9.85. The number of nitrogens with zero attached hydrogens (tertiary/aromatic N) is 2. The largest absolute Gasteiger partial charge is 0.375 e. The molecule has 2 saturated heterocycles. The zero-order chi connectivity index (χ0) is 19.1. The van der Waals surface area contributed by atoms with E-state index in [2.05, 4.69) is 34.5 Å². The summed E-state index contributed by atoms with van der Waals surface area (Å²) in [4.78, 5) is 28.6. The van der Waals surface area contributed by atoms with Gasteiger partial charge >= 0.3 is 0 Å². The van der Waals surface area contributed by atoms with E-state index in [1.165, 1.54) is 12.7 Å². The molecule has 1 unspecified atom stereocenters. The Kier molecular flexibility index (Phi) is 7.24. The van der Waals surface area contributed by atoms with Crippen molar-refractivity contribution in [2.45, 2.75) is 25.8 Å². The summed E-state index contributed by atoms with van der Waals surface area (Å²) >= 11 is 0. The number of hydrogen-bond donors (Lipinski definition) is 1. The van der Waals surface area contributed by atoms with E-state index in [9.17, 15) is 9.59 Å². The van der Waals surface area contributed by atoms with Crippen LogP contribution in [0.25, 0.3) is 0 Å². The molecule has 0 spiro atoms. The van der Waals surface area contributed by atoms with Crippen LogP contribution in [0, 0.1) is 11.8 Å². The summed E-state index contributed by atoms with van der Waals surface area (Å²) in [5.41, 5.74) is 1.34. The fourth-order valence-corrected chi connectivity index (χ4v) is 4.06. The normalized spacial score (nSPS) is 21.4. The minimum atomic E-state index is 0.0146. The van der Waals surface area contributed by atoms with E-state index in [1.807, 2.05) is 6.07 Å². The SMILES string of the molecule is COCC(=O)N1CCC(C(=O)NCC2CCN(Cc3ccccc3)C2)CC1. The Bertz CT molecular complexity index is 614. The summed E-state index contributed by atoms with van der Waals surface area (Å²) in [6.07, 6.45) is 2.62. The molecule has 1 N–H and O–H groups in total. The molecule has 27 heavy (non-hydrogen) atoms. The van der Waals surface area contributed by atoms with Gasteiger partial charge in [0.15, 0.2) is 0 Å². The van der Waals surface area contributed by atoms with Crippen LogP contribution in [-0.2, 0) is 20.9 Å². The maximum atomic E-state index is 12.5. The van der Waals surface area contributed by atoms with Gasteiger partial charge in [-0.15, -0.1) is 0 Å². The lowest BCUT2D eigenvalue weighted by Crippen LogP contribution is -2.44. The lowest BCUT2D eigenvalue weighted by molar-refractivity contribution is -0.138. The number of rotatable bonds is 7. The van der Waals surface area contributed by atoms with Crippen molar-refractivity contribution in [1.29, 1.82) is 0 Å². The van der Waals surface area contributed by atoms with Gasteiger partial charge in [0.2, 0.25) is 11.8 Å². The first-order chi connectivity index (χ1) is 13.2. The summed E-state index contributed by atoms with van der Waals surface area (Å²) in [6.45, 7) is 5.29. The number of benzene rings is 1. The van der Waals surface area contributed by atoms with E-state index in [-0.39, 0.29) is 24.3 Å². The predicted molar refractivity (Wildman–Crippen MR) is 104 cm³/mol. The summed E-state index contributed by atoms with van der Waals surface area (Å²) in [6, 6.07) is 10.5. The van der Waals surface area contributed by atoms with Gasteiger partial charge in [-0.05, 0) is 37.3 Å². The van der Waals surface area contributed by atoms with Gasteiger partial charge in [0, 0.05) is 45.8 Å². The van der Waals surface area contributed by atoms with Gasteiger partial charge in [-0.3, -0.25) is 14.5 Å². The van der Waals surface area contributed by atoms with Crippen molar-refractivity contribution < 1.29 is 14.3 Å².